The van der Waals surface area contributed by atoms with Gasteiger partial charge in [-0.25, -0.2) is 4.79 Å². The third-order valence-electron chi connectivity index (χ3n) is 2.61. The number of hydrogen-bond donors (Lipinski definition) is 2. The summed E-state index contributed by atoms with van der Waals surface area (Å²) in [5.74, 6) is -0.354. The molecule has 0 aliphatic heterocycles. The number of nitrogens with one attached hydrogen (secondary N) is 1. The number of rotatable bonds is 9. The normalized spacial score (nSPS) is 10.1. The lowest BCUT2D eigenvalue weighted by atomic mass is 10.1. The number of carboxylic acid groups (broad SMARTS) is 1. The number of aryl methyl sites for hydroxylation is 1. The van der Waals surface area contributed by atoms with Gasteiger partial charge in [0.2, 0.25) is 5.91 Å². The predicted molar refractivity (Wildman–Crippen MR) is 72.8 cm³/mol. The molecule has 0 atom stereocenters. The first-order valence-corrected chi connectivity index (χ1v) is 6.31. The fourth-order valence-electron chi connectivity index (χ4n) is 1.67. The van der Waals surface area contributed by atoms with Gasteiger partial charge in [0.1, 0.15) is 12.4 Å². The van der Waals surface area contributed by atoms with Crippen molar-refractivity contribution in [3.05, 3.63) is 29.8 Å². The predicted octanol–water partition coefficient (Wildman–Crippen LogP) is 0.845. The first kappa shape index (κ1) is 16.0. The highest BCUT2D eigenvalue weighted by Gasteiger charge is 2.06. The first-order chi connectivity index (χ1) is 9.63. The van der Waals surface area contributed by atoms with Crippen molar-refractivity contribution in [1.82, 2.24) is 5.32 Å². The summed E-state index contributed by atoms with van der Waals surface area (Å²) < 4.78 is 10.0. The van der Waals surface area contributed by atoms with Crippen LogP contribution in [0.2, 0.25) is 0 Å². The van der Waals surface area contributed by atoms with Crippen molar-refractivity contribution in [2.24, 2.45) is 0 Å². The summed E-state index contributed by atoms with van der Waals surface area (Å²) in [6, 6.07) is 7.55. The zero-order valence-electron chi connectivity index (χ0n) is 11.4. The molecule has 0 bridgehead atoms. The zero-order valence-corrected chi connectivity index (χ0v) is 11.4. The smallest absolute Gasteiger partial charge is 0.329 e. The van der Waals surface area contributed by atoms with E-state index in [1.807, 2.05) is 24.3 Å². The lowest BCUT2D eigenvalue weighted by Gasteiger charge is -2.08. The molecule has 110 valence electrons. The molecule has 0 saturated carbocycles. The largest absolute Gasteiger partial charge is 0.496 e. The van der Waals surface area contributed by atoms with Crippen LogP contribution in [-0.2, 0) is 20.7 Å². The summed E-state index contributed by atoms with van der Waals surface area (Å²) in [6.45, 7) is 0.141. The maximum absolute atomic E-state index is 11.6. The number of benzene rings is 1. The average Bonchev–Trinajstić information content (AvgIpc) is 2.44. The van der Waals surface area contributed by atoms with Crippen molar-refractivity contribution in [3.63, 3.8) is 0 Å². The molecule has 2 N–H and O–H groups in total. The van der Waals surface area contributed by atoms with E-state index in [0.29, 0.717) is 19.4 Å². The molecule has 0 saturated heterocycles. The van der Waals surface area contributed by atoms with Gasteiger partial charge in [-0.1, -0.05) is 18.2 Å². The molecule has 1 amide bonds. The molecule has 0 radical (unpaired) electrons. The highest BCUT2D eigenvalue weighted by molar-refractivity contribution is 5.76. The number of para-hydroxylation sites is 1. The zero-order chi connectivity index (χ0) is 14.8. The Balaban J connectivity index is 2.21. The van der Waals surface area contributed by atoms with Crippen molar-refractivity contribution >= 4 is 11.9 Å². The van der Waals surface area contributed by atoms with Gasteiger partial charge in [-0.05, 0) is 18.1 Å². The van der Waals surface area contributed by atoms with Crippen LogP contribution >= 0.6 is 0 Å². The van der Waals surface area contributed by atoms with E-state index in [2.05, 4.69) is 5.32 Å². The lowest BCUT2D eigenvalue weighted by Crippen LogP contribution is -2.28. The van der Waals surface area contributed by atoms with Gasteiger partial charge < -0.3 is 19.9 Å². The number of ether oxygens (including phenoxy) is 2. The minimum atomic E-state index is -1.02. The summed E-state index contributed by atoms with van der Waals surface area (Å²) in [7, 11) is 1.60. The minimum absolute atomic E-state index is 0.102. The first-order valence-electron chi connectivity index (χ1n) is 6.31. The van der Waals surface area contributed by atoms with Crippen LogP contribution in [0.15, 0.2) is 24.3 Å². The Labute approximate surface area is 117 Å². The molecule has 0 aromatic heterocycles. The van der Waals surface area contributed by atoms with Gasteiger partial charge in [-0.15, -0.1) is 0 Å². The van der Waals surface area contributed by atoms with Gasteiger partial charge in [-0.3, -0.25) is 4.79 Å². The van der Waals surface area contributed by atoms with Crippen LogP contribution in [0, 0.1) is 0 Å². The van der Waals surface area contributed by atoms with Crippen LogP contribution in [0.4, 0.5) is 0 Å². The van der Waals surface area contributed by atoms with Gasteiger partial charge in [-0.2, -0.15) is 0 Å². The highest BCUT2D eigenvalue weighted by Crippen LogP contribution is 2.18. The molecule has 6 nitrogen and oxygen atoms in total. The molecule has 0 fully saturated rings. The van der Waals surface area contributed by atoms with Crippen molar-refractivity contribution in [2.75, 3.05) is 26.9 Å². The fourth-order valence-corrected chi connectivity index (χ4v) is 1.67. The van der Waals surface area contributed by atoms with Crippen LogP contribution in [0.3, 0.4) is 0 Å². The molecule has 1 aromatic rings. The lowest BCUT2D eigenvalue weighted by molar-refractivity contribution is -0.142. The Hall–Kier alpha value is -2.08. The molecule has 20 heavy (non-hydrogen) atoms. The van der Waals surface area contributed by atoms with Crippen LogP contribution < -0.4 is 10.1 Å². The molecule has 0 spiro atoms. The summed E-state index contributed by atoms with van der Waals surface area (Å²) in [6.07, 6.45) is 0.936. The van der Waals surface area contributed by atoms with E-state index in [0.717, 1.165) is 11.3 Å². The van der Waals surface area contributed by atoms with E-state index in [1.54, 1.807) is 7.11 Å². The summed E-state index contributed by atoms with van der Waals surface area (Å²) in [5.41, 5.74) is 0.979. The van der Waals surface area contributed by atoms with E-state index < -0.39 is 5.97 Å². The average molecular weight is 281 g/mol. The summed E-state index contributed by atoms with van der Waals surface area (Å²) >= 11 is 0. The number of amides is 1. The van der Waals surface area contributed by atoms with E-state index in [-0.39, 0.29) is 19.1 Å². The molecular weight excluding hydrogens is 262 g/mol. The molecule has 0 aliphatic rings. The molecule has 0 aliphatic carbocycles. The van der Waals surface area contributed by atoms with Gasteiger partial charge in [0.05, 0.1) is 13.7 Å². The monoisotopic (exact) mass is 281 g/mol. The fraction of sp³-hybridized carbons (Fsp3) is 0.429. The standard InChI is InChI=1S/C14H19NO5/c1-19-12-5-3-2-4-11(12)6-7-13(16)15-8-9-20-10-14(17)18/h2-5H,6-10H2,1H3,(H,15,16)(H,17,18). The van der Waals surface area contributed by atoms with E-state index >= 15 is 0 Å². The van der Waals surface area contributed by atoms with Gasteiger partial charge in [0, 0.05) is 13.0 Å². The Bertz CT molecular complexity index is 447. The number of carbonyl (C=O) groups is 2. The molecular formula is C14H19NO5. The van der Waals surface area contributed by atoms with Crippen LogP contribution in [0.25, 0.3) is 0 Å². The van der Waals surface area contributed by atoms with Crippen molar-refractivity contribution < 1.29 is 24.2 Å². The van der Waals surface area contributed by atoms with E-state index in [4.69, 9.17) is 14.6 Å². The third-order valence-corrected chi connectivity index (χ3v) is 2.61. The minimum Gasteiger partial charge on any atom is -0.496 e. The number of carbonyl (C=O) groups excluding carboxylic acids is 1. The molecule has 1 aromatic carbocycles. The van der Waals surface area contributed by atoms with E-state index in [9.17, 15) is 9.59 Å². The van der Waals surface area contributed by atoms with E-state index in [1.165, 1.54) is 0 Å². The Morgan fingerprint density at radius 3 is 2.75 bits per heavy atom. The van der Waals surface area contributed by atoms with Gasteiger partial charge >= 0.3 is 5.97 Å². The summed E-state index contributed by atoms with van der Waals surface area (Å²) in [5, 5.41) is 11.0. The van der Waals surface area contributed by atoms with Crippen LogP contribution in [0.1, 0.15) is 12.0 Å². The van der Waals surface area contributed by atoms with Crippen LogP contribution in [0.5, 0.6) is 5.75 Å². The van der Waals surface area contributed by atoms with Crippen molar-refractivity contribution in [1.29, 1.82) is 0 Å². The second-order valence-electron chi connectivity index (χ2n) is 4.11. The van der Waals surface area contributed by atoms with Gasteiger partial charge in [0.25, 0.3) is 0 Å². The summed E-state index contributed by atoms with van der Waals surface area (Å²) in [4.78, 5) is 21.8. The Kier molecular flexibility index (Phi) is 7.13. The van der Waals surface area contributed by atoms with Gasteiger partial charge in [0.15, 0.2) is 0 Å². The second-order valence-corrected chi connectivity index (χ2v) is 4.11. The highest BCUT2D eigenvalue weighted by atomic mass is 16.5. The molecule has 6 heteroatoms. The second kappa shape index (κ2) is 8.92. The quantitative estimate of drug-likeness (QED) is 0.655. The maximum Gasteiger partial charge on any atom is 0.329 e. The number of carboxylic acids is 1. The molecule has 0 unspecified atom stereocenters. The SMILES string of the molecule is COc1ccccc1CCC(=O)NCCOCC(=O)O. The maximum atomic E-state index is 11.6. The number of methoxy groups -OCH3 is 1. The molecule has 1 rings (SSSR count). The van der Waals surface area contributed by atoms with Crippen LogP contribution in [-0.4, -0.2) is 43.9 Å². The number of hydrogen-bond acceptors (Lipinski definition) is 4. The molecule has 0 heterocycles. The Morgan fingerprint density at radius 2 is 2.05 bits per heavy atom. The number of aliphatic carboxylic acids is 1. The topological polar surface area (TPSA) is 84.9 Å². The Morgan fingerprint density at radius 1 is 1.30 bits per heavy atom. The van der Waals surface area contributed by atoms with Crippen molar-refractivity contribution in [3.8, 4) is 5.75 Å². The third kappa shape index (κ3) is 6.19. The van der Waals surface area contributed by atoms with Crippen molar-refractivity contribution in [2.45, 2.75) is 12.8 Å².